The fourth-order valence-electron chi connectivity index (χ4n) is 8.67. The Morgan fingerprint density at radius 3 is 1.53 bits per heavy atom. The van der Waals surface area contributed by atoms with E-state index in [9.17, 15) is 0 Å². The molecule has 0 saturated carbocycles. The lowest BCUT2D eigenvalue weighted by Crippen LogP contribution is -2.33. The molecular formula is C58H40N4. The Morgan fingerprint density at radius 1 is 0.355 bits per heavy atom. The van der Waals surface area contributed by atoms with Crippen molar-refractivity contribution < 1.29 is 0 Å². The van der Waals surface area contributed by atoms with Gasteiger partial charge < -0.3 is 5.32 Å². The molecule has 0 bridgehead atoms. The van der Waals surface area contributed by atoms with Gasteiger partial charge in [-0.3, -0.25) is 0 Å². The van der Waals surface area contributed by atoms with Gasteiger partial charge in [-0.15, -0.1) is 0 Å². The maximum atomic E-state index is 5.29. The fourth-order valence-corrected chi connectivity index (χ4v) is 8.67. The number of amidine groups is 2. The molecule has 0 saturated heterocycles. The molecule has 11 rings (SSSR count). The van der Waals surface area contributed by atoms with Crippen molar-refractivity contribution in [1.29, 1.82) is 0 Å². The Bertz CT molecular complexity index is 3230. The number of hydrogen-bond acceptors (Lipinski definition) is 4. The normalized spacial score (nSPS) is 13.6. The smallest absolute Gasteiger partial charge is 0.159 e. The maximum absolute atomic E-state index is 5.29. The number of fused-ring (bicyclic) bond motifs is 3. The summed E-state index contributed by atoms with van der Waals surface area (Å²) in [5.74, 6) is 1.46. The van der Waals surface area contributed by atoms with Gasteiger partial charge in [0.1, 0.15) is 12.0 Å². The molecule has 1 unspecified atom stereocenters. The van der Waals surface area contributed by atoms with Crippen molar-refractivity contribution in [1.82, 2.24) is 10.3 Å². The van der Waals surface area contributed by atoms with Gasteiger partial charge in [-0.2, -0.15) is 0 Å². The molecule has 2 heterocycles. The highest BCUT2D eigenvalue weighted by atomic mass is 15.2. The van der Waals surface area contributed by atoms with Crippen LogP contribution in [-0.2, 0) is 0 Å². The molecule has 1 aliphatic heterocycles. The second kappa shape index (κ2) is 16.1. The van der Waals surface area contributed by atoms with E-state index in [-0.39, 0.29) is 6.17 Å². The van der Waals surface area contributed by atoms with Crippen LogP contribution >= 0.6 is 0 Å². The van der Waals surface area contributed by atoms with Gasteiger partial charge in [0, 0.05) is 22.1 Å². The lowest BCUT2D eigenvalue weighted by atomic mass is 9.91. The van der Waals surface area contributed by atoms with Crippen molar-refractivity contribution in [3.05, 3.63) is 247 Å². The fraction of sp³-hybridized carbons (Fsp3) is 0.0172. The van der Waals surface area contributed by atoms with E-state index < -0.39 is 0 Å². The summed E-state index contributed by atoms with van der Waals surface area (Å²) in [6.07, 6.45) is -0.388. The molecule has 10 aromatic rings. The van der Waals surface area contributed by atoms with E-state index in [2.05, 4.69) is 212 Å². The molecule has 0 amide bonds. The third kappa shape index (κ3) is 7.14. The van der Waals surface area contributed by atoms with Crippen molar-refractivity contribution in [2.45, 2.75) is 6.17 Å². The van der Waals surface area contributed by atoms with Gasteiger partial charge >= 0.3 is 0 Å². The lowest BCUT2D eigenvalue weighted by Gasteiger charge is -2.25. The van der Waals surface area contributed by atoms with E-state index in [1.165, 1.54) is 0 Å². The predicted molar refractivity (Wildman–Crippen MR) is 258 cm³/mol. The molecule has 4 nitrogen and oxygen atoms in total. The van der Waals surface area contributed by atoms with Crippen molar-refractivity contribution >= 4 is 33.3 Å². The molecule has 1 aliphatic rings. The highest BCUT2D eigenvalue weighted by molar-refractivity contribution is 6.17. The van der Waals surface area contributed by atoms with Crippen molar-refractivity contribution in [2.75, 3.05) is 0 Å². The van der Waals surface area contributed by atoms with Crippen LogP contribution in [0.25, 0.3) is 77.4 Å². The average molecular weight is 793 g/mol. The SMILES string of the molecule is c1ccc(C2=NC(c3cc(-c4ccccc4)cc(-c4ccccc4)c3)NC(c3cccc(-c4cccc5c4ccc4nc(-c6ccccc6)cc(-c6ccccc6)c45)c3)=N2)cc1. The Balaban J connectivity index is 1.03. The third-order valence-electron chi connectivity index (χ3n) is 11.7. The van der Waals surface area contributed by atoms with Gasteiger partial charge in [0.05, 0.1) is 11.2 Å². The minimum Gasteiger partial charge on any atom is -0.344 e. The first-order valence-electron chi connectivity index (χ1n) is 21.0. The van der Waals surface area contributed by atoms with Crippen LogP contribution in [0.3, 0.4) is 0 Å². The topological polar surface area (TPSA) is 49.6 Å². The molecule has 0 aliphatic carbocycles. The van der Waals surface area contributed by atoms with Crippen LogP contribution in [0.4, 0.5) is 0 Å². The van der Waals surface area contributed by atoms with E-state index in [0.29, 0.717) is 5.84 Å². The van der Waals surface area contributed by atoms with Gasteiger partial charge in [-0.25, -0.2) is 15.0 Å². The first-order valence-corrected chi connectivity index (χ1v) is 21.0. The maximum Gasteiger partial charge on any atom is 0.159 e. The molecule has 0 radical (unpaired) electrons. The Morgan fingerprint density at radius 2 is 0.887 bits per heavy atom. The van der Waals surface area contributed by atoms with Gasteiger partial charge in [0.15, 0.2) is 5.84 Å². The highest BCUT2D eigenvalue weighted by Crippen LogP contribution is 2.40. The zero-order valence-electron chi connectivity index (χ0n) is 33.9. The van der Waals surface area contributed by atoms with Crippen LogP contribution in [0.1, 0.15) is 22.9 Å². The van der Waals surface area contributed by atoms with Crippen LogP contribution in [-0.4, -0.2) is 16.7 Å². The minimum absolute atomic E-state index is 0.388. The van der Waals surface area contributed by atoms with E-state index in [1.807, 2.05) is 24.3 Å². The van der Waals surface area contributed by atoms with E-state index >= 15 is 0 Å². The van der Waals surface area contributed by atoms with Crippen molar-refractivity contribution in [3.63, 3.8) is 0 Å². The molecule has 9 aromatic carbocycles. The Hall–Kier alpha value is -8.21. The molecule has 292 valence electrons. The molecule has 4 heteroatoms. The van der Waals surface area contributed by atoms with Crippen molar-refractivity contribution in [3.8, 4) is 55.8 Å². The lowest BCUT2D eigenvalue weighted by molar-refractivity contribution is 0.674. The number of nitrogens with one attached hydrogen (secondary N) is 1. The number of rotatable bonds is 8. The van der Waals surface area contributed by atoms with E-state index in [0.717, 1.165) is 100.0 Å². The monoisotopic (exact) mass is 792 g/mol. The summed E-state index contributed by atoms with van der Waals surface area (Å²) in [7, 11) is 0. The van der Waals surface area contributed by atoms with Crippen molar-refractivity contribution in [2.24, 2.45) is 9.98 Å². The van der Waals surface area contributed by atoms with Crippen LogP contribution in [0, 0.1) is 0 Å². The van der Waals surface area contributed by atoms with Gasteiger partial charge in [0.2, 0.25) is 0 Å². The van der Waals surface area contributed by atoms with Gasteiger partial charge in [0.25, 0.3) is 0 Å². The summed E-state index contributed by atoms with van der Waals surface area (Å²) in [6, 6.07) is 81.3. The second-order valence-corrected chi connectivity index (χ2v) is 15.6. The standard InChI is InChI=1S/C58H40N4/c1-6-18-39(19-7-1)46-35-47(40-20-8-2-9-21-40)37-48(36-46)58-61-56(43-26-14-5-15-27-43)60-57(62-58)45-29-16-28-44(34-45)49-30-17-31-51-50(49)32-33-53-55(51)52(41-22-10-3-11-23-41)38-54(59-53)42-24-12-4-13-25-42/h1-38,58H,(H,60,61,62). The molecule has 62 heavy (non-hydrogen) atoms. The summed E-state index contributed by atoms with van der Waals surface area (Å²) in [6.45, 7) is 0. The number of pyridine rings is 1. The average Bonchev–Trinajstić information content (AvgIpc) is 3.36. The molecular weight excluding hydrogens is 753 g/mol. The number of aliphatic imine (C=N–C) groups is 2. The number of benzene rings is 9. The van der Waals surface area contributed by atoms with Crippen LogP contribution < -0.4 is 5.32 Å². The molecule has 1 aromatic heterocycles. The zero-order chi connectivity index (χ0) is 41.2. The number of aromatic nitrogens is 1. The number of nitrogens with zero attached hydrogens (tertiary/aromatic N) is 3. The highest BCUT2D eigenvalue weighted by Gasteiger charge is 2.23. The van der Waals surface area contributed by atoms with Crippen LogP contribution in [0.2, 0.25) is 0 Å². The van der Waals surface area contributed by atoms with E-state index in [4.69, 9.17) is 15.0 Å². The Kier molecular flexibility index (Phi) is 9.56. The summed E-state index contributed by atoms with van der Waals surface area (Å²) in [4.78, 5) is 15.7. The molecule has 1 N–H and O–H groups in total. The Labute approximate surface area is 361 Å². The molecule has 0 fully saturated rings. The molecule has 1 atom stereocenters. The summed E-state index contributed by atoms with van der Waals surface area (Å²) >= 11 is 0. The largest absolute Gasteiger partial charge is 0.344 e. The van der Waals surface area contributed by atoms with Crippen LogP contribution in [0.15, 0.2) is 241 Å². The van der Waals surface area contributed by atoms with E-state index in [1.54, 1.807) is 0 Å². The van der Waals surface area contributed by atoms with Gasteiger partial charge in [-0.1, -0.05) is 194 Å². The van der Waals surface area contributed by atoms with Gasteiger partial charge in [-0.05, 0) is 97.2 Å². The summed E-state index contributed by atoms with van der Waals surface area (Å²) < 4.78 is 0. The second-order valence-electron chi connectivity index (χ2n) is 15.6. The molecule has 0 spiro atoms. The minimum atomic E-state index is -0.388. The number of hydrogen-bond donors (Lipinski definition) is 1. The first kappa shape index (κ1) is 36.8. The summed E-state index contributed by atoms with van der Waals surface area (Å²) in [5.41, 5.74) is 15.2. The quantitative estimate of drug-likeness (QED) is 0.156. The van der Waals surface area contributed by atoms with Crippen LogP contribution in [0.5, 0.6) is 0 Å². The zero-order valence-corrected chi connectivity index (χ0v) is 33.9. The predicted octanol–water partition coefficient (Wildman–Crippen LogP) is 14.2. The third-order valence-corrected chi connectivity index (χ3v) is 11.7. The first-order chi connectivity index (χ1) is 30.7. The summed E-state index contributed by atoms with van der Waals surface area (Å²) in [5, 5.41) is 7.25.